The van der Waals surface area contributed by atoms with E-state index in [0.29, 0.717) is 11.0 Å². The number of hydrogen-bond acceptors (Lipinski definition) is 5. The molecular formula is C10H6N2O4. The topological polar surface area (TPSA) is 78.4 Å². The summed E-state index contributed by atoms with van der Waals surface area (Å²) in [4.78, 5) is 10.1. The number of terminal acetylenes is 1. The fraction of sp³-hybridized carbons (Fsp3) is 0.100. The predicted octanol–water partition coefficient (Wildman–Crippen LogP) is 1.75. The molecule has 0 aliphatic heterocycles. The molecule has 1 aromatic carbocycles. The van der Waals surface area contributed by atoms with Gasteiger partial charge in [0.25, 0.3) is 11.6 Å². The summed E-state index contributed by atoms with van der Waals surface area (Å²) in [5, 5.41) is 14.6. The van der Waals surface area contributed by atoms with Crippen LogP contribution in [0.5, 0.6) is 5.88 Å². The fourth-order valence-corrected chi connectivity index (χ4v) is 1.23. The minimum atomic E-state index is -0.503. The Morgan fingerprint density at radius 2 is 2.44 bits per heavy atom. The first-order valence-corrected chi connectivity index (χ1v) is 4.32. The SMILES string of the molecule is C#CCOc1noc2ccc([N+](=O)[O-])cc12. The van der Waals surface area contributed by atoms with E-state index >= 15 is 0 Å². The summed E-state index contributed by atoms with van der Waals surface area (Å²) in [7, 11) is 0. The number of fused-ring (bicyclic) bond motifs is 1. The van der Waals surface area contributed by atoms with Gasteiger partial charge in [0.15, 0.2) is 12.2 Å². The van der Waals surface area contributed by atoms with Gasteiger partial charge in [-0.05, 0) is 11.2 Å². The van der Waals surface area contributed by atoms with E-state index in [1.165, 1.54) is 18.2 Å². The van der Waals surface area contributed by atoms with Crippen molar-refractivity contribution in [2.24, 2.45) is 0 Å². The molecule has 16 heavy (non-hydrogen) atoms. The number of nitro benzene ring substituents is 1. The third-order valence-corrected chi connectivity index (χ3v) is 1.92. The summed E-state index contributed by atoms with van der Waals surface area (Å²) in [5.74, 6) is 2.43. The molecule has 0 spiro atoms. The van der Waals surface area contributed by atoms with Crippen LogP contribution < -0.4 is 4.74 Å². The van der Waals surface area contributed by atoms with E-state index < -0.39 is 4.92 Å². The number of nitro groups is 1. The van der Waals surface area contributed by atoms with Crippen LogP contribution in [0, 0.1) is 22.5 Å². The number of hydrogen-bond donors (Lipinski definition) is 0. The van der Waals surface area contributed by atoms with E-state index in [4.69, 9.17) is 15.7 Å². The van der Waals surface area contributed by atoms with Crippen LogP contribution in [0.25, 0.3) is 11.0 Å². The smallest absolute Gasteiger partial charge is 0.270 e. The minimum Gasteiger partial charge on any atom is -0.462 e. The molecule has 0 atom stereocenters. The van der Waals surface area contributed by atoms with Crippen molar-refractivity contribution in [1.29, 1.82) is 0 Å². The molecule has 0 saturated heterocycles. The first-order valence-electron chi connectivity index (χ1n) is 4.32. The third kappa shape index (κ3) is 1.66. The molecule has 0 aliphatic rings. The largest absolute Gasteiger partial charge is 0.462 e. The third-order valence-electron chi connectivity index (χ3n) is 1.92. The summed E-state index contributed by atoms with van der Waals surface area (Å²) in [6.07, 6.45) is 5.03. The number of aromatic nitrogens is 1. The van der Waals surface area contributed by atoms with Crippen molar-refractivity contribution in [3.05, 3.63) is 28.3 Å². The van der Waals surface area contributed by atoms with Gasteiger partial charge >= 0.3 is 0 Å². The number of rotatable bonds is 3. The van der Waals surface area contributed by atoms with Crippen LogP contribution >= 0.6 is 0 Å². The van der Waals surface area contributed by atoms with Crippen molar-refractivity contribution in [3.8, 4) is 18.2 Å². The number of non-ortho nitro benzene ring substituents is 1. The molecule has 0 saturated carbocycles. The van der Waals surface area contributed by atoms with E-state index in [2.05, 4.69) is 11.1 Å². The molecule has 0 bridgehead atoms. The van der Waals surface area contributed by atoms with Gasteiger partial charge in [-0.1, -0.05) is 5.92 Å². The zero-order chi connectivity index (χ0) is 11.5. The standard InChI is InChI=1S/C10H6N2O4/c1-2-5-15-10-8-6-7(12(13)14)3-4-9(8)16-11-10/h1,3-4,6H,5H2. The lowest BCUT2D eigenvalue weighted by Gasteiger charge is -1.95. The van der Waals surface area contributed by atoms with Gasteiger partial charge in [0.1, 0.15) is 0 Å². The second-order valence-electron chi connectivity index (χ2n) is 2.92. The average molecular weight is 218 g/mol. The maximum Gasteiger partial charge on any atom is 0.270 e. The van der Waals surface area contributed by atoms with Gasteiger partial charge < -0.3 is 9.26 Å². The van der Waals surface area contributed by atoms with Crippen LogP contribution in [0.15, 0.2) is 22.7 Å². The molecule has 0 aliphatic carbocycles. The van der Waals surface area contributed by atoms with E-state index in [-0.39, 0.29) is 18.2 Å². The molecular weight excluding hydrogens is 212 g/mol. The van der Waals surface area contributed by atoms with Crippen molar-refractivity contribution in [2.45, 2.75) is 0 Å². The van der Waals surface area contributed by atoms with Gasteiger partial charge in [-0.2, -0.15) is 0 Å². The highest BCUT2D eigenvalue weighted by Crippen LogP contribution is 2.28. The van der Waals surface area contributed by atoms with Gasteiger partial charge in [0, 0.05) is 12.1 Å². The lowest BCUT2D eigenvalue weighted by atomic mass is 10.2. The van der Waals surface area contributed by atoms with Crippen molar-refractivity contribution >= 4 is 16.7 Å². The maximum absolute atomic E-state index is 10.6. The molecule has 0 amide bonds. The van der Waals surface area contributed by atoms with E-state index in [1.54, 1.807) is 0 Å². The first-order chi connectivity index (χ1) is 7.72. The maximum atomic E-state index is 10.6. The quantitative estimate of drug-likeness (QED) is 0.445. The van der Waals surface area contributed by atoms with Crippen LogP contribution in [0.3, 0.4) is 0 Å². The molecule has 2 rings (SSSR count). The molecule has 1 aromatic heterocycles. The molecule has 0 N–H and O–H groups in total. The Morgan fingerprint density at radius 1 is 1.62 bits per heavy atom. The van der Waals surface area contributed by atoms with Gasteiger partial charge in [-0.3, -0.25) is 10.1 Å². The van der Waals surface area contributed by atoms with Crippen molar-refractivity contribution in [1.82, 2.24) is 5.16 Å². The Bertz CT molecular complexity index is 582. The first kappa shape index (κ1) is 9.98. The van der Waals surface area contributed by atoms with Gasteiger partial charge in [-0.25, -0.2) is 0 Å². The molecule has 1 heterocycles. The van der Waals surface area contributed by atoms with Crippen molar-refractivity contribution in [2.75, 3.05) is 6.61 Å². The van der Waals surface area contributed by atoms with Gasteiger partial charge in [0.05, 0.1) is 10.3 Å². The monoisotopic (exact) mass is 218 g/mol. The average Bonchev–Trinajstić information content (AvgIpc) is 2.68. The second-order valence-corrected chi connectivity index (χ2v) is 2.92. The number of ether oxygens (including phenoxy) is 1. The molecule has 2 aromatic rings. The van der Waals surface area contributed by atoms with Crippen LogP contribution in [-0.4, -0.2) is 16.7 Å². The molecule has 0 unspecified atom stereocenters. The second kappa shape index (κ2) is 3.90. The number of nitrogens with zero attached hydrogens (tertiary/aromatic N) is 2. The summed E-state index contributed by atoms with van der Waals surface area (Å²) in [6.45, 7) is 0.0321. The zero-order valence-electron chi connectivity index (χ0n) is 8.04. The lowest BCUT2D eigenvalue weighted by molar-refractivity contribution is -0.384. The Labute approximate surface area is 89.9 Å². The zero-order valence-corrected chi connectivity index (χ0v) is 8.04. The Balaban J connectivity index is 2.48. The van der Waals surface area contributed by atoms with Crippen molar-refractivity contribution in [3.63, 3.8) is 0 Å². The molecule has 0 radical (unpaired) electrons. The molecule has 80 valence electrons. The summed E-state index contributed by atoms with van der Waals surface area (Å²) in [5.41, 5.74) is 0.360. The van der Waals surface area contributed by atoms with Gasteiger partial charge in [0.2, 0.25) is 0 Å². The summed E-state index contributed by atoms with van der Waals surface area (Å²) in [6, 6.07) is 4.12. The normalized spacial score (nSPS) is 9.94. The summed E-state index contributed by atoms with van der Waals surface area (Å²) >= 11 is 0. The highest BCUT2D eigenvalue weighted by atomic mass is 16.6. The van der Waals surface area contributed by atoms with Crippen LogP contribution in [0.4, 0.5) is 5.69 Å². The Hall–Kier alpha value is -2.55. The minimum absolute atomic E-state index is 0.0321. The van der Waals surface area contributed by atoms with E-state index in [9.17, 15) is 10.1 Å². The van der Waals surface area contributed by atoms with E-state index in [0.717, 1.165) is 0 Å². The highest BCUT2D eigenvalue weighted by molar-refractivity contribution is 5.84. The van der Waals surface area contributed by atoms with Crippen molar-refractivity contribution < 1.29 is 14.2 Å². The van der Waals surface area contributed by atoms with Crippen LogP contribution in [0.1, 0.15) is 0 Å². The Kier molecular flexibility index (Phi) is 2.44. The van der Waals surface area contributed by atoms with Gasteiger partial charge in [-0.15, -0.1) is 6.42 Å². The lowest BCUT2D eigenvalue weighted by Crippen LogP contribution is -1.94. The van der Waals surface area contributed by atoms with Crippen LogP contribution in [0.2, 0.25) is 0 Å². The molecule has 0 fully saturated rings. The molecule has 6 nitrogen and oxygen atoms in total. The Morgan fingerprint density at radius 3 is 3.12 bits per heavy atom. The van der Waals surface area contributed by atoms with E-state index in [1.807, 2.05) is 0 Å². The van der Waals surface area contributed by atoms with Crippen LogP contribution in [-0.2, 0) is 0 Å². The predicted molar refractivity (Wildman–Crippen MR) is 55.0 cm³/mol. The highest BCUT2D eigenvalue weighted by Gasteiger charge is 2.14. The fourth-order valence-electron chi connectivity index (χ4n) is 1.23. The number of benzene rings is 1. The molecule has 6 heteroatoms. The summed E-state index contributed by atoms with van der Waals surface area (Å²) < 4.78 is 9.99.